The van der Waals surface area contributed by atoms with E-state index in [9.17, 15) is 4.79 Å². The Morgan fingerprint density at radius 3 is 2.50 bits per heavy atom. The Hall–Kier alpha value is -3.15. The summed E-state index contributed by atoms with van der Waals surface area (Å²) in [7, 11) is 0. The smallest absolute Gasteiger partial charge is 0.196 e. The maximum Gasteiger partial charge on any atom is 0.196 e. The minimum Gasteiger partial charge on any atom is -0.401 e. The van der Waals surface area contributed by atoms with Gasteiger partial charge in [-0.1, -0.05) is 23.4 Å². The molecule has 3 rings (SSSR count). The summed E-state index contributed by atoms with van der Waals surface area (Å²) in [5.41, 5.74) is 7.38. The maximum absolute atomic E-state index is 12.3. The number of aromatic nitrogens is 4. The van der Waals surface area contributed by atoms with Gasteiger partial charge in [0.05, 0.1) is 5.75 Å². The summed E-state index contributed by atoms with van der Waals surface area (Å²) in [6.45, 7) is 1.53. The highest BCUT2D eigenvalue weighted by Crippen LogP contribution is 2.28. The van der Waals surface area contributed by atoms with Crippen LogP contribution in [0.1, 0.15) is 6.92 Å². The second-order valence-electron chi connectivity index (χ2n) is 5.74. The number of carbonyl (C=O) groups excluding carboxylic acids is 1. The van der Waals surface area contributed by atoms with Crippen LogP contribution < -0.4 is 5.73 Å². The van der Waals surface area contributed by atoms with Crippen LogP contribution in [0.15, 0.2) is 65.2 Å². The minimum absolute atomic E-state index is 0.0134. The fourth-order valence-electron chi connectivity index (χ4n) is 2.45. The van der Waals surface area contributed by atoms with Crippen molar-refractivity contribution in [2.45, 2.75) is 12.1 Å². The maximum atomic E-state index is 12.3. The zero-order valence-corrected chi connectivity index (χ0v) is 16.4. The summed E-state index contributed by atoms with van der Waals surface area (Å²) >= 11 is 7.19. The number of nitrogens with two attached hydrogens (primary N) is 1. The van der Waals surface area contributed by atoms with Gasteiger partial charge in [-0.05, 0) is 43.3 Å². The molecule has 0 aliphatic carbocycles. The van der Waals surface area contributed by atoms with Crippen molar-refractivity contribution in [2.24, 2.45) is 5.73 Å². The number of carbonyl (C=O) groups is 1. The lowest BCUT2D eigenvalue weighted by Gasteiger charge is -2.10. The Balaban J connectivity index is 1.99. The molecule has 9 heteroatoms. The predicted molar refractivity (Wildman–Crippen MR) is 108 cm³/mol. The number of thioether (sulfide) groups is 1. The molecule has 7 nitrogen and oxygen atoms in total. The van der Waals surface area contributed by atoms with Crippen molar-refractivity contribution in [1.29, 1.82) is 5.26 Å². The van der Waals surface area contributed by atoms with E-state index in [0.717, 1.165) is 11.3 Å². The summed E-state index contributed by atoms with van der Waals surface area (Å²) < 4.78 is 1.83. The normalized spacial score (nSPS) is 11.6. The lowest BCUT2D eigenvalue weighted by Crippen LogP contribution is -2.11. The molecule has 0 atom stereocenters. The van der Waals surface area contributed by atoms with Gasteiger partial charge in [-0.25, -0.2) is 0 Å². The summed E-state index contributed by atoms with van der Waals surface area (Å²) in [4.78, 5) is 16.3. The fraction of sp³-hybridized carbons (Fsp3) is 0.105. The number of pyridine rings is 1. The third-order valence-corrected chi connectivity index (χ3v) is 4.95. The first-order valence-electron chi connectivity index (χ1n) is 8.15. The van der Waals surface area contributed by atoms with Crippen molar-refractivity contribution >= 4 is 29.1 Å². The molecule has 140 valence electrons. The predicted octanol–water partition coefficient (Wildman–Crippen LogP) is 3.40. The quantitative estimate of drug-likeness (QED) is 0.376. The molecule has 0 saturated heterocycles. The number of ketones is 1. The Morgan fingerprint density at radius 2 is 1.89 bits per heavy atom. The Morgan fingerprint density at radius 1 is 1.21 bits per heavy atom. The van der Waals surface area contributed by atoms with Crippen molar-refractivity contribution in [3.63, 3.8) is 0 Å². The van der Waals surface area contributed by atoms with Crippen LogP contribution in [0.25, 0.3) is 17.1 Å². The second-order valence-corrected chi connectivity index (χ2v) is 7.11. The van der Waals surface area contributed by atoms with Crippen LogP contribution in [0.5, 0.6) is 0 Å². The molecule has 0 fully saturated rings. The average molecular weight is 411 g/mol. The zero-order chi connectivity index (χ0) is 20.1. The van der Waals surface area contributed by atoms with Gasteiger partial charge in [-0.2, -0.15) is 5.26 Å². The molecule has 0 bridgehead atoms. The van der Waals surface area contributed by atoms with Crippen LogP contribution >= 0.6 is 23.4 Å². The van der Waals surface area contributed by atoms with Crippen LogP contribution in [-0.2, 0) is 4.79 Å². The van der Waals surface area contributed by atoms with Crippen LogP contribution in [0.4, 0.5) is 0 Å². The minimum atomic E-state index is -0.358. The van der Waals surface area contributed by atoms with Gasteiger partial charge in [-0.3, -0.25) is 14.3 Å². The third-order valence-electron chi connectivity index (χ3n) is 3.77. The van der Waals surface area contributed by atoms with Gasteiger partial charge in [0.2, 0.25) is 0 Å². The van der Waals surface area contributed by atoms with Gasteiger partial charge >= 0.3 is 0 Å². The first kappa shape index (κ1) is 19.6. The largest absolute Gasteiger partial charge is 0.401 e. The summed E-state index contributed by atoms with van der Waals surface area (Å²) in [6.07, 6.45) is 3.33. The van der Waals surface area contributed by atoms with Gasteiger partial charge in [-0.15, -0.1) is 10.2 Å². The molecular weight excluding hydrogens is 396 g/mol. The van der Waals surface area contributed by atoms with Gasteiger partial charge < -0.3 is 5.73 Å². The molecule has 0 unspecified atom stereocenters. The summed E-state index contributed by atoms with van der Waals surface area (Å²) in [6, 6.07) is 12.7. The molecule has 2 aromatic heterocycles. The number of nitrogens with zero attached hydrogens (tertiary/aromatic N) is 5. The van der Waals surface area contributed by atoms with Gasteiger partial charge in [0, 0.05) is 34.4 Å². The van der Waals surface area contributed by atoms with Crippen LogP contribution in [-0.4, -0.2) is 31.3 Å². The van der Waals surface area contributed by atoms with E-state index in [0.29, 0.717) is 16.0 Å². The Labute approximate surface area is 170 Å². The number of hydrogen-bond donors (Lipinski definition) is 1. The van der Waals surface area contributed by atoms with Crippen LogP contribution in [0.3, 0.4) is 0 Å². The molecule has 28 heavy (non-hydrogen) atoms. The SMILES string of the molecule is C/C(N)=C(\C#N)C(=O)CSc1nnc(-c2ccncc2)n1-c1ccc(Cl)cc1. The van der Waals surface area contributed by atoms with Gasteiger partial charge in [0.1, 0.15) is 11.6 Å². The van der Waals surface area contributed by atoms with E-state index in [1.165, 1.54) is 18.7 Å². The summed E-state index contributed by atoms with van der Waals surface area (Å²) in [5.74, 6) is 0.258. The number of rotatable bonds is 6. The van der Waals surface area contributed by atoms with Crippen LogP contribution in [0.2, 0.25) is 5.02 Å². The lowest BCUT2D eigenvalue weighted by atomic mass is 10.2. The molecule has 0 aliphatic rings. The van der Waals surface area contributed by atoms with E-state index >= 15 is 0 Å². The molecule has 0 spiro atoms. The number of hydrogen-bond acceptors (Lipinski definition) is 7. The van der Waals surface area contributed by atoms with Gasteiger partial charge in [0.25, 0.3) is 0 Å². The monoisotopic (exact) mass is 410 g/mol. The standard InChI is InChI=1S/C19H15ClN6OS/c1-12(22)16(10-21)17(27)11-28-19-25-24-18(13-6-8-23-9-7-13)26(19)15-4-2-14(20)3-5-15/h2-9H,11,22H2,1H3/b16-12-. The number of halogens is 1. The second kappa shape index (κ2) is 8.69. The molecule has 2 heterocycles. The van der Waals surface area contributed by atoms with Crippen LogP contribution in [0, 0.1) is 11.3 Å². The molecular formula is C19H15ClN6OS. The first-order chi connectivity index (χ1) is 13.5. The molecule has 0 amide bonds. The molecule has 1 aromatic carbocycles. The third kappa shape index (κ3) is 4.22. The van der Waals surface area contributed by atoms with Crippen molar-refractivity contribution in [3.05, 3.63) is 65.1 Å². The van der Waals surface area contributed by atoms with Crippen molar-refractivity contribution in [3.8, 4) is 23.1 Å². The van der Waals surface area contributed by atoms with Crippen molar-refractivity contribution < 1.29 is 4.79 Å². The molecule has 0 radical (unpaired) electrons. The van der Waals surface area contributed by atoms with E-state index in [1.807, 2.05) is 34.9 Å². The fourth-order valence-corrected chi connectivity index (χ4v) is 3.40. The number of Topliss-reactive ketones (excluding diaryl/α,β-unsaturated/α-hetero) is 1. The van der Waals surface area contributed by atoms with E-state index in [4.69, 9.17) is 22.6 Å². The molecule has 0 aliphatic heterocycles. The highest BCUT2D eigenvalue weighted by Gasteiger charge is 2.19. The van der Waals surface area contributed by atoms with E-state index in [2.05, 4.69) is 15.2 Å². The number of allylic oxidation sites excluding steroid dienone is 2. The lowest BCUT2D eigenvalue weighted by molar-refractivity contribution is -0.112. The van der Waals surface area contributed by atoms with Crippen molar-refractivity contribution in [1.82, 2.24) is 19.7 Å². The van der Waals surface area contributed by atoms with Gasteiger partial charge in [0.15, 0.2) is 16.8 Å². The van der Waals surface area contributed by atoms with Crippen molar-refractivity contribution in [2.75, 3.05) is 5.75 Å². The first-order valence-corrected chi connectivity index (χ1v) is 9.52. The highest BCUT2D eigenvalue weighted by molar-refractivity contribution is 7.99. The van der Waals surface area contributed by atoms with E-state index in [1.54, 1.807) is 24.5 Å². The van der Waals surface area contributed by atoms with E-state index in [-0.39, 0.29) is 22.8 Å². The average Bonchev–Trinajstić information content (AvgIpc) is 3.12. The summed E-state index contributed by atoms with van der Waals surface area (Å²) in [5, 5.41) is 18.7. The molecule has 0 saturated carbocycles. The van der Waals surface area contributed by atoms with E-state index < -0.39 is 0 Å². The molecule has 2 N–H and O–H groups in total. The highest BCUT2D eigenvalue weighted by atomic mass is 35.5. The Kier molecular flexibility index (Phi) is 6.09. The topological polar surface area (TPSA) is 110 Å². The number of nitriles is 1. The number of benzene rings is 1. The Bertz CT molecular complexity index is 1070. The zero-order valence-electron chi connectivity index (χ0n) is 14.8. The molecule has 3 aromatic rings.